The van der Waals surface area contributed by atoms with E-state index in [1.54, 1.807) is 11.9 Å². The van der Waals surface area contributed by atoms with Gasteiger partial charge in [-0.15, -0.1) is 0 Å². The SMILES string of the molecule is COC(=O)CN(C)c1cc(NCC(C)C)ncn1. The molecule has 0 fully saturated rings. The summed E-state index contributed by atoms with van der Waals surface area (Å²) in [5.74, 6) is 1.68. The zero-order chi connectivity index (χ0) is 13.5. The van der Waals surface area contributed by atoms with Gasteiger partial charge >= 0.3 is 5.97 Å². The van der Waals surface area contributed by atoms with Crippen molar-refractivity contribution < 1.29 is 9.53 Å². The van der Waals surface area contributed by atoms with Crippen molar-refractivity contribution in [3.05, 3.63) is 12.4 Å². The highest BCUT2D eigenvalue weighted by atomic mass is 16.5. The molecular formula is C12H20N4O2. The molecule has 100 valence electrons. The molecule has 1 N–H and O–H groups in total. The van der Waals surface area contributed by atoms with Gasteiger partial charge < -0.3 is 15.0 Å². The van der Waals surface area contributed by atoms with Crippen LogP contribution in [0.25, 0.3) is 0 Å². The molecule has 18 heavy (non-hydrogen) atoms. The van der Waals surface area contributed by atoms with Gasteiger partial charge in [0.2, 0.25) is 0 Å². The maximum absolute atomic E-state index is 11.2. The van der Waals surface area contributed by atoms with Crippen LogP contribution in [0.2, 0.25) is 0 Å². The Morgan fingerprint density at radius 1 is 1.50 bits per heavy atom. The number of anilines is 2. The average Bonchev–Trinajstić information content (AvgIpc) is 2.36. The molecule has 0 radical (unpaired) electrons. The summed E-state index contributed by atoms with van der Waals surface area (Å²) in [5.41, 5.74) is 0. The van der Waals surface area contributed by atoms with Gasteiger partial charge in [0.1, 0.15) is 24.5 Å². The van der Waals surface area contributed by atoms with Crippen molar-refractivity contribution in [2.75, 3.05) is 37.5 Å². The number of hydrogen-bond donors (Lipinski definition) is 1. The van der Waals surface area contributed by atoms with Crippen molar-refractivity contribution in [3.8, 4) is 0 Å². The Kier molecular flexibility index (Phi) is 5.35. The summed E-state index contributed by atoms with van der Waals surface area (Å²) in [6.07, 6.45) is 1.48. The van der Waals surface area contributed by atoms with Crippen molar-refractivity contribution in [2.45, 2.75) is 13.8 Å². The Morgan fingerprint density at radius 2 is 2.22 bits per heavy atom. The minimum Gasteiger partial charge on any atom is -0.468 e. The lowest BCUT2D eigenvalue weighted by atomic mass is 10.2. The highest BCUT2D eigenvalue weighted by molar-refractivity contribution is 5.75. The molecule has 1 heterocycles. The molecule has 1 aromatic rings. The van der Waals surface area contributed by atoms with E-state index >= 15 is 0 Å². The number of methoxy groups -OCH3 is 1. The van der Waals surface area contributed by atoms with Crippen LogP contribution in [0.5, 0.6) is 0 Å². The molecule has 0 aliphatic heterocycles. The minimum absolute atomic E-state index is 0.164. The molecule has 0 aromatic carbocycles. The smallest absolute Gasteiger partial charge is 0.325 e. The van der Waals surface area contributed by atoms with Crippen LogP contribution in [0.3, 0.4) is 0 Å². The highest BCUT2D eigenvalue weighted by Crippen LogP contribution is 2.12. The maximum Gasteiger partial charge on any atom is 0.325 e. The van der Waals surface area contributed by atoms with Crippen LogP contribution >= 0.6 is 0 Å². The fourth-order valence-corrected chi connectivity index (χ4v) is 1.30. The average molecular weight is 252 g/mol. The highest BCUT2D eigenvalue weighted by Gasteiger charge is 2.09. The predicted molar refractivity (Wildman–Crippen MR) is 70.6 cm³/mol. The fraction of sp³-hybridized carbons (Fsp3) is 0.583. The molecule has 0 bridgehead atoms. The van der Waals surface area contributed by atoms with Crippen molar-refractivity contribution in [3.63, 3.8) is 0 Å². The standard InChI is InChI=1S/C12H20N4O2/c1-9(2)6-13-10-5-11(15-8-14-10)16(3)7-12(17)18-4/h5,8-9H,6-7H2,1-4H3,(H,13,14,15). The van der Waals surface area contributed by atoms with Gasteiger partial charge in [0, 0.05) is 19.7 Å². The number of carbonyl (C=O) groups is 1. The summed E-state index contributed by atoms with van der Waals surface area (Å²) in [6.45, 7) is 5.26. The second-order valence-electron chi connectivity index (χ2n) is 4.47. The molecule has 0 amide bonds. The van der Waals surface area contributed by atoms with E-state index in [1.807, 2.05) is 6.07 Å². The van der Waals surface area contributed by atoms with E-state index < -0.39 is 0 Å². The normalized spacial score (nSPS) is 10.3. The lowest BCUT2D eigenvalue weighted by Gasteiger charge is -2.17. The van der Waals surface area contributed by atoms with Crippen LogP contribution < -0.4 is 10.2 Å². The summed E-state index contributed by atoms with van der Waals surface area (Å²) in [6, 6.07) is 1.81. The third-order valence-electron chi connectivity index (χ3n) is 2.33. The van der Waals surface area contributed by atoms with Crippen LogP contribution in [-0.2, 0) is 9.53 Å². The molecule has 0 saturated heterocycles. The van der Waals surface area contributed by atoms with Crippen LogP contribution in [0.1, 0.15) is 13.8 Å². The van der Waals surface area contributed by atoms with Gasteiger partial charge in [-0.1, -0.05) is 13.8 Å². The first kappa shape index (κ1) is 14.2. The van der Waals surface area contributed by atoms with Gasteiger partial charge in [0.05, 0.1) is 7.11 Å². The number of hydrogen-bond acceptors (Lipinski definition) is 6. The van der Waals surface area contributed by atoms with E-state index in [0.717, 1.165) is 12.4 Å². The lowest BCUT2D eigenvalue weighted by molar-refractivity contribution is -0.138. The zero-order valence-electron chi connectivity index (χ0n) is 11.3. The fourth-order valence-electron chi connectivity index (χ4n) is 1.30. The second-order valence-corrected chi connectivity index (χ2v) is 4.47. The van der Waals surface area contributed by atoms with Gasteiger partial charge in [-0.2, -0.15) is 0 Å². The number of nitrogens with one attached hydrogen (secondary N) is 1. The van der Waals surface area contributed by atoms with Gasteiger partial charge in [0.25, 0.3) is 0 Å². The molecule has 0 aliphatic carbocycles. The largest absolute Gasteiger partial charge is 0.468 e. The van der Waals surface area contributed by atoms with Crippen LogP contribution in [-0.4, -0.2) is 43.2 Å². The summed E-state index contributed by atoms with van der Waals surface area (Å²) in [4.78, 5) is 21.1. The Labute approximate surface area is 107 Å². The first-order chi connectivity index (χ1) is 8.52. The molecule has 0 unspecified atom stereocenters. The Balaban J connectivity index is 2.66. The van der Waals surface area contributed by atoms with Crippen molar-refractivity contribution >= 4 is 17.6 Å². The van der Waals surface area contributed by atoms with Gasteiger partial charge in [0.15, 0.2) is 0 Å². The summed E-state index contributed by atoms with van der Waals surface area (Å²) >= 11 is 0. The number of carbonyl (C=O) groups excluding carboxylic acids is 1. The van der Waals surface area contributed by atoms with E-state index in [2.05, 4.69) is 33.9 Å². The lowest BCUT2D eigenvalue weighted by Crippen LogP contribution is -2.27. The van der Waals surface area contributed by atoms with E-state index in [9.17, 15) is 4.79 Å². The molecule has 0 atom stereocenters. The molecule has 0 saturated carbocycles. The first-order valence-corrected chi connectivity index (χ1v) is 5.86. The first-order valence-electron chi connectivity index (χ1n) is 5.86. The van der Waals surface area contributed by atoms with E-state index in [0.29, 0.717) is 11.7 Å². The number of likely N-dealkylation sites (N-methyl/N-ethyl adjacent to an activating group) is 1. The summed E-state index contributed by atoms with van der Waals surface area (Å²) in [5, 5.41) is 3.21. The van der Waals surface area contributed by atoms with Gasteiger partial charge in [-0.25, -0.2) is 9.97 Å². The molecule has 1 rings (SSSR count). The third kappa shape index (κ3) is 4.57. The number of esters is 1. The van der Waals surface area contributed by atoms with Crippen molar-refractivity contribution in [1.82, 2.24) is 9.97 Å². The van der Waals surface area contributed by atoms with Gasteiger partial charge in [-0.3, -0.25) is 4.79 Å². The van der Waals surface area contributed by atoms with Gasteiger partial charge in [-0.05, 0) is 5.92 Å². The monoisotopic (exact) mass is 252 g/mol. The molecular weight excluding hydrogens is 232 g/mol. The van der Waals surface area contributed by atoms with E-state index in [-0.39, 0.29) is 12.5 Å². The van der Waals surface area contributed by atoms with Crippen LogP contribution in [0, 0.1) is 5.92 Å². The minimum atomic E-state index is -0.298. The Morgan fingerprint density at radius 3 is 2.83 bits per heavy atom. The molecule has 0 aliphatic rings. The molecule has 1 aromatic heterocycles. The number of rotatable bonds is 6. The second kappa shape index (κ2) is 6.78. The van der Waals surface area contributed by atoms with Crippen LogP contribution in [0.15, 0.2) is 12.4 Å². The van der Waals surface area contributed by atoms with Crippen LogP contribution in [0.4, 0.5) is 11.6 Å². The topological polar surface area (TPSA) is 67.3 Å². The van der Waals surface area contributed by atoms with Crippen molar-refractivity contribution in [1.29, 1.82) is 0 Å². The third-order valence-corrected chi connectivity index (χ3v) is 2.33. The predicted octanol–water partition coefficient (Wildman–Crippen LogP) is 1.15. The van der Waals surface area contributed by atoms with E-state index in [4.69, 9.17) is 0 Å². The number of aromatic nitrogens is 2. The Bertz CT molecular complexity index is 395. The quantitative estimate of drug-likeness (QED) is 0.766. The molecule has 0 spiro atoms. The molecule has 6 heteroatoms. The molecule has 6 nitrogen and oxygen atoms in total. The Hall–Kier alpha value is -1.85. The summed E-state index contributed by atoms with van der Waals surface area (Å²) in [7, 11) is 3.15. The summed E-state index contributed by atoms with van der Waals surface area (Å²) < 4.78 is 4.61. The van der Waals surface area contributed by atoms with Crippen molar-refractivity contribution in [2.24, 2.45) is 5.92 Å². The maximum atomic E-state index is 11.2. The zero-order valence-corrected chi connectivity index (χ0v) is 11.3. The number of ether oxygens (including phenoxy) is 1. The number of nitrogens with zero attached hydrogens (tertiary/aromatic N) is 3. The van der Waals surface area contributed by atoms with E-state index in [1.165, 1.54) is 13.4 Å².